The van der Waals surface area contributed by atoms with Gasteiger partial charge in [0.05, 0.1) is 25.0 Å². The van der Waals surface area contributed by atoms with E-state index in [1.54, 1.807) is 7.11 Å². The van der Waals surface area contributed by atoms with E-state index in [1.165, 1.54) is 0 Å². The van der Waals surface area contributed by atoms with Gasteiger partial charge in [0.1, 0.15) is 11.6 Å². The van der Waals surface area contributed by atoms with Crippen molar-refractivity contribution in [3.8, 4) is 5.88 Å². The van der Waals surface area contributed by atoms with Crippen LogP contribution < -0.4 is 10.1 Å². The van der Waals surface area contributed by atoms with E-state index in [9.17, 15) is 0 Å². The summed E-state index contributed by atoms with van der Waals surface area (Å²) in [6, 6.07) is 0. The zero-order chi connectivity index (χ0) is 17.1. The number of methoxy groups -OCH3 is 1. The number of rotatable bonds is 6. The van der Waals surface area contributed by atoms with Crippen molar-refractivity contribution in [3.05, 3.63) is 29.3 Å². The molecule has 1 saturated heterocycles. The molecule has 1 N–H and O–H groups in total. The lowest BCUT2D eigenvalue weighted by Crippen LogP contribution is -2.19. The Morgan fingerprint density at radius 3 is 2.92 bits per heavy atom. The molecular weight excluding hydrogens is 306 g/mol. The van der Waals surface area contributed by atoms with Crippen LogP contribution in [-0.4, -0.2) is 40.0 Å². The first-order chi connectivity index (χ1) is 11.6. The number of ether oxygens (including phenoxy) is 2. The predicted molar refractivity (Wildman–Crippen MR) is 91.2 cm³/mol. The summed E-state index contributed by atoms with van der Waals surface area (Å²) < 4.78 is 13.2. The number of nitrogens with one attached hydrogen (secondary N) is 1. The highest BCUT2D eigenvalue weighted by atomic mass is 16.5. The van der Waals surface area contributed by atoms with Crippen LogP contribution >= 0.6 is 0 Å². The third kappa shape index (κ3) is 3.36. The molecule has 0 aromatic carbocycles. The van der Waals surface area contributed by atoms with Crippen molar-refractivity contribution in [3.63, 3.8) is 0 Å². The Hall–Kier alpha value is -2.15. The molecule has 1 aliphatic rings. The van der Waals surface area contributed by atoms with Crippen LogP contribution in [-0.2, 0) is 11.3 Å². The van der Waals surface area contributed by atoms with Crippen LogP contribution in [0.5, 0.6) is 5.88 Å². The number of aromatic nitrogens is 4. The monoisotopic (exact) mass is 331 g/mol. The zero-order valence-electron chi connectivity index (χ0n) is 14.7. The fourth-order valence-corrected chi connectivity index (χ4v) is 3.11. The highest BCUT2D eigenvalue weighted by Crippen LogP contribution is 2.34. The van der Waals surface area contributed by atoms with Gasteiger partial charge in [0.25, 0.3) is 0 Å². The lowest BCUT2D eigenvalue weighted by molar-refractivity contribution is 0.0932. The summed E-state index contributed by atoms with van der Waals surface area (Å²) in [5.41, 5.74) is 2.08. The Morgan fingerprint density at radius 2 is 2.21 bits per heavy atom. The average Bonchev–Trinajstić information content (AvgIpc) is 3.23. The summed E-state index contributed by atoms with van der Waals surface area (Å²) >= 11 is 0. The number of nitrogens with zero attached hydrogens (tertiary/aromatic N) is 4. The Labute approximate surface area is 142 Å². The van der Waals surface area contributed by atoms with E-state index >= 15 is 0 Å². The first kappa shape index (κ1) is 16.7. The van der Waals surface area contributed by atoms with Crippen molar-refractivity contribution in [2.45, 2.75) is 39.8 Å². The third-order valence-corrected chi connectivity index (χ3v) is 4.46. The van der Waals surface area contributed by atoms with Gasteiger partial charge in [-0.3, -0.25) is 4.68 Å². The normalized spacial score (nSPS) is 20.3. The van der Waals surface area contributed by atoms with Gasteiger partial charge in [-0.25, -0.2) is 4.98 Å². The van der Waals surface area contributed by atoms with E-state index in [-0.39, 0.29) is 6.10 Å². The van der Waals surface area contributed by atoms with Gasteiger partial charge in [-0.2, -0.15) is 10.1 Å². The maximum Gasteiger partial charge on any atom is 0.221 e. The highest BCUT2D eigenvalue weighted by molar-refractivity contribution is 5.48. The molecule has 0 spiro atoms. The molecule has 2 aromatic heterocycles. The van der Waals surface area contributed by atoms with E-state index in [4.69, 9.17) is 9.47 Å². The average molecular weight is 331 g/mol. The highest BCUT2D eigenvalue weighted by Gasteiger charge is 2.30. The summed E-state index contributed by atoms with van der Waals surface area (Å²) in [5, 5.41) is 7.81. The summed E-state index contributed by atoms with van der Waals surface area (Å²) in [5.74, 6) is 2.53. The number of hydrogen-bond acceptors (Lipinski definition) is 6. The Kier molecular flexibility index (Phi) is 4.99. The van der Waals surface area contributed by atoms with E-state index < -0.39 is 0 Å². The molecule has 0 bridgehead atoms. The van der Waals surface area contributed by atoms with Crippen LogP contribution in [0.2, 0.25) is 0 Å². The van der Waals surface area contributed by atoms with E-state index in [1.807, 2.05) is 24.7 Å². The van der Waals surface area contributed by atoms with Crippen LogP contribution in [0.25, 0.3) is 0 Å². The number of hydrogen-bond donors (Lipinski definition) is 1. The molecule has 3 heterocycles. The molecule has 0 unspecified atom stereocenters. The Bertz CT molecular complexity index is 700. The molecule has 2 aromatic rings. The van der Waals surface area contributed by atoms with Gasteiger partial charge >= 0.3 is 0 Å². The standard InChI is InChI=1S/C17H25N5O2/c1-5-22-10-14(9-19-22)15-13(6-7-24-15)8-18-16-11(2)17(23-4)21-12(3)20-16/h9-10,13,15H,5-8H2,1-4H3,(H,18,20,21)/t13-,15+/m0/s1. The molecule has 7 nitrogen and oxygen atoms in total. The quantitative estimate of drug-likeness (QED) is 0.877. The van der Waals surface area contributed by atoms with Crippen LogP contribution in [0.15, 0.2) is 12.4 Å². The molecule has 0 saturated carbocycles. The minimum Gasteiger partial charge on any atom is -0.481 e. The van der Waals surface area contributed by atoms with E-state index in [0.29, 0.717) is 17.6 Å². The van der Waals surface area contributed by atoms with Crippen LogP contribution in [0, 0.1) is 19.8 Å². The van der Waals surface area contributed by atoms with Gasteiger partial charge in [0.2, 0.25) is 5.88 Å². The molecule has 3 rings (SSSR count). The second kappa shape index (κ2) is 7.17. The summed E-state index contributed by atoms with van der Waals surface area (Å²) in [7, 11) is 1.63. The molecule has 1 aliphatic heterocycles. The van der Waals surface area contributed by atoms with Gasteiger partial charge < -0.3 is 14.8 Å². The maximum atomic E-state index is 5.95. The summed E-state index contributed by atoms with van der Waals surface area (Å²) in [6.45, 7) is 8.36. The van der Waals surface area contributed by atoms with Gasteiger partial charge in [0, 0.05) is 37.4 Å². The minimum atomic E-state index is 0.0861. The van der Waals surface area contributed by atoms with Crippen molar-refractivity contribution < 1.29 is 9.47 Å². The smallest absolute Gasteiger partial charge is 0.221 e. The molecule has 0 amide bonds. The molecule has 130 valence electrons. The topological polar surface area (TPSA) is 74.1 Å². The second-order valence-corrected chi connectivity index (χ2v) is 6.10. The van der Waals surface area contributed by atoms with E-state index in [2.05, 4.69) is 33.5 Å². The third-order valence-electron chi connectivity index (χ3n) is 4.46. The predicted octanol–water partition coefficient (Wildman–Crippen LogP) is 2.51. The molecule has 1 fully saturated rings. The molecule has 0 aliphatic carbocycles. The van der Waals surface area contributed by atoms with Gasteiger partial charge in [-0.1, -0.05) is 0 Å². The molecular formula is C17H25N5O2. The fraction of sp³-hybridized carbons (Fsp3) is 0.588. The summed E-state index contributed by atoms with van der Waals surface area (Å²) in [4.78, 5) is 8.80. The number of anilines is 1. The Balaban J connectivity index is 1.71. The van der Waals surface area contributed by atoms with E-state index in [0.717, 1.165) is 43.1 Å². The zero-order valence-corrected chi connectivity index (χ0v) is 14.7. The van der Waals surface area contributed by atoms with Crippen molar-refractivity contribution in [2.24, 2.45) is 5.92 Å². The minimum absolute atomic E-state index is 0.0861. The largest absolute Gasteiger partial charge is 0.481 e. The molecule has 2 atom stereocenters. The van der Waals surface area contributed by atoms with Crippen LogP contribution in [0.3, 0.4) is 0 Å². The molecule has 7 heteroatoms. The van der Waals surface area contributed by atoms with Crippen molar-refractivity contribution in [2.75, 3.05) is 25.6 Å². The van der Waals surface area contributed by atoms with Gasteiger partial charge in [-0.15, -0.1) is 0 Å². The van der Waals surface area contributed by atoms with Crippen LogP contribution in [0.1, 0.15) is 36.4 Å². The van der Waals surface area contributed by atoms with Crippen molar-refractivity contribution >= 4 is 5.82 Å². The lowest BCUT2D eigenvalue weighted by Gasteiger charge is -2.19. The molecule has 24 heavy (non-hydrogen) atoms. The first-order valence-corrected chi connectivity index (χ1v) is 8.39. The van der Waals surface area contributed by atoms with Crippen molar-refractivity contribution in [1.29, 1.82) is 0 Å². The number of aryl methyl sites for hydroxylation is 2. The lowest BCUT2D eigenvalue weighted by atomic mass is 9.97. The molecule has 0 radical (unpaired) electrons. The van der Waals surface area contributed by atoms with Gasteiger partial charge in [-0.05, 0) is 27.2 Å². The summed E-state index contributed by atoms with van der Waals surface area (Å²) in [6.07, 6.45) is 5.10. The Morgan fingerprint density at radius 1 is 1.38 bits per heavy atom. The fourth-order valence-electron chi connectivity index (χ4n) is 3.11. The van der Waals surface area contributed by atoms with Crippen molar-refractivity contribution in [1.82, 2.24) is 19.7 Å². The SMILES string of the molecule is CCn1cc([C@@H]2OCC[C@H]2CNc2nc(C)nc(OC)c2C)cn1. The van der Waals surface area contributed by atoms with Crippen LogP contribution in [0.4, 0.5) is 5.82 Å². The maximum absolute atomic E-state index is 5.95. The first-order valence-electron chi connectivity index (χ1n) is 8.39. The van der Waals surface area contributed by atoms with Gasteiger partial charge in [0.15, 0.2) is 0 Å². The second-order valence-electron chi connectivity index (χ2n) is 6.10.